The lowest BCUT2D eigenvalue weighted by atomic mass is 10.0. The summed E-state index contributed by atoms with van der Waals surface area (Å²) in [6.07, 6.45) is 0. The van der Waals surface area contributed by atoms with Gasteiger partial charge in [0.05, 0.1) is 17.0 Å². The zero-order valence-corrected chi connectivity index (χ0v) is 9.16. The third-order valence-electron chi connectivity index (χ3n) is 1.71. The summed E-state index contributed by atoms with van der Waals surface area (Å²) >= 11 is 8.75. The second-order valence-corrected chi connectivity index (χ2v) is 3.87. The molecule has 1 nitrogen and oxygen atoms in total. The molecule has 0 aromatic heterocycles. The van der Waals surface area contributed by atoms with Gasteiger partial charge in [-0.3, -0.25) is 0 Å². The van der Waals surface area contributed by atoms with Crippen LogP contribution in [0.5, 0.6) is 0 Å². The summed E-state index contributed by atoms with van der Waals surface area (Å²) in [6, 6.07) is 5.05. The van der Waals surface area contributed by atoms with E-state index in [4.69, 9.17) is 16.9 Å². The highest BCUT2D eigenvalue weighted by Crippen LogP contribution is 2.31. The van der Waals surface area contributed by atoms with Gasteiger partial charge in [-0.15, -0.1) is 0 Å². The Morgan fingerprint density at radius 2 is 2.23 bits per heavy atom. The fourth-order valence-corrected chi connectivity index (χ4v) is 1.82. The fraction of sp³-hybridized carbons (Fsp3) is 0.222. The van der Waals surface area contributed by atoms with Gasteiger partial charge < -0.3 is 0 Å². The first-order chi connectivity index (χ1) is 6.07. The van der Waals surface area contributed by atoms with E-state index in [1.54, 1.807) is 13.0 Å². The van der Waals surface area contributed by atoms with Gasteiger partial charge in [-0.2, -0.15) is 5.26 Å². The Morgan fingerprint density at radius 3 is 2.77 bits per heavy atom. The van der Waals surface area contributed by atoms with Crippen LogP contribution < -0.4 is 0 Å². The minimum Gasteiger partial charge on any atom is -0.205 e. The molecule has 13 heavy (non-hydrogen) atoms. The van der Waals surface area contributed by atoms with Crippen LogP contribution in [-0.2, 0) is 0 Å². The van der Waals surface area contributed by atoms with Crippen molar-refractivity contribution in [1.82, 2.24) is 0 Å². The van der Waals surface area contributed by atoms with E-state index in [0.717, 1.165) is 0 Å². The highest BCUT2D eigenvalue weighted by atomic mass is 79.9. The molecule has 1 unspecified atom stereocenters. The van der Waals surface area contributed by atoms with Crippen LogP contribution in [0, 0.1) is 17.1 Å². The van der Waals surface area contributed by atoms with Crippen molar-refractivity contribution in [2.75, 3.05) is 0 Å². The smallest absolute Gasteiger partial charge is 0.147 e. The molecule has 0 aliphatic rings. The van der Waals surface area contributed by atoms with E-state index >= 15 is 0 Å². The van der Waals surface area contributed by atoms with Gasteiger partial charge in [0.1, 0.15) is 5.82 Å². The van der Waals surface area contributed by atoms with Gasteiger partial charge in [0.15, 0.2) is 0 Å². The van der Waals surface area contributed by atoms with Crippen molar-refractivity contribution in [3.05, 3.63) is 33.0 Å². The molecule has 0 spiro atoms. The summed E-state index contributed by atoms with van der Waals surface area (Å²) < 4.78 is 14.0. The van der Waals surface area contributed by atoms with Gasteiger partial charge in [-0.1, -0.05) is 27.5 Å². The Kier molecular flexibility index (Phi) is 3.29. The minimum atomic E-state index is -0.523. The maximum Gasteiger partial charge on any atom is 0.147 e. The Bertz CT molecular complexity index is 373. The van der Waals surface area contributed by atoms with Gasteiger partial charge in [0, 0.05) is 10.0 Å². The summed E-state index contributed by atoms with van der Waals surface area (Å²) in [5.74, 6) is -1.03. The van der Waals surface area contributed by atoms with Gasteiger partial charge in [-0.25, -0.2) is 4.39 Å². The zero-order valence-electron chi connectivity index (χ0n) is 6.81. The van der Waals surface area contributed by atoms with Crippen LogP contribution in [0.15, 0.2) is 16.6 Å². The molecule has 0 saturated carbocycles. The monoisotopic (exact) mass is 261 g/mol. The fourth-order valence-electron chi connectivity index (χ4n) is 1.00. The first kappa shape index (κ1) is 10.5. The normalized spacial score (nSPS) is 12.2. The molecule has 68 valence electrons. The van der Waals surface area contributed by atoms with E-state index in [0.29, 0.717) is 10.0 Å². The minimum absolute atomic E-state index is 0.0419. The molecular weight excluding hydrogens is 256 g/mol. The maximum atomic E-state index is 13.4. The van der Waals surface area contributed by atoms with Crippen molar-refractivity contribution in [1.29, 1.82) is 5.26 Å². The molecule has 0 saturated heterocycles. The number of hydrogen-bond donors (Lipinski definition) is 0. The Morgan fingerprint density at radius 1 is 1.62 bits per heavy atom. The zero-order chi connectivity index (χ0) is 10.0. The topological polar surface area (TPSA) is 23.8 Å². The van der Waals surface area contributed by atoms with Crippen molar-refractivity contribution in [3.63, 3.8) is 0 Å². The van der Waals surface area contributed by atoms with Crippen molar-refractivity contribution in [3.8, 4) is 6.07 Å². The average Bonchev–Trinajstić information content (AvgIpc) is 2.12. The van der Waals surface area contributed by atoms with E-state index in [9.17, 15) is 4.39 Å². The quantitative estimate of drug-likeness (QED) is 0.705. The molecule has 1 aromatic carbocycles. The number of benzene rings is 1. The molecule has 4 heteroatoms. The van der Waals surface area contributed by atoms with Crippen LogP contribution in [0.25, 0.3) is 0 Å². The van der Waals surface area contributed by atoms with Crippen LogP contribution in [0.1, 0.15) is 18.4 Å². The first-order valence-electron chi connectivity index (χ1n) is 3.61. The summed E-state index contributed by atoms with van der Waals surface area (Å²) in [4.78, 5) is 0. The summed E-state index contributed by atoms with van der Waals surface area (Å²) in [5.41, 5.74) is 0.315. The van der Waals surface area contributed by atoms with Crippen LogP contribution in [0.2, 0.25) is 5.02 Å². The molecule has 1 atom stereocenters. The highest BCUT2D eigenvalue weighted by Gasteiger charge is 2.16. The largest absolute Gasteiger partial charge is 0.205 e. The van der Waals surface area contributed by atoms with Gasteiger partial charge >= 0.3 is 0 Å². The third-order valence-corrected chi connectivity index (χ3v) is 2.69. The van der Waals surface area contributed by atoms with E-state index in [-0.39, 0.29) is 5.02 Å². The van der Waals surface area contributed by atoms with E-state index in [1.807, 2.05) is 6.07 Å². The summed E-state index contributed by atoms with van der Waals surface area (Å²) in [5, 5.41) is 8.69. The Balaban J connectivity index is 3.35. The van der Waals surface area contributed by atoms with Crippen LogP contribution in [0.3, 0.4) is 0 Å². The molecule has 0 aliphatic heterocycles. The molecular formula is C9H6BrClFN. The summed E-state index contributed by atoms with van der Waals surface area (Å²) in [7, 11) is 0. The second kappa shape index (κ2) is 4.08. The van der Waals surface area contributed by atoms with E-state index < -0.39 is 11.7 Å². The van der Waals surface area contributed by atoms with Gasteiger partial charge in [-0.05, 0) is 19.1 Å². The molecule has 0 amide bonds. The van der Waals surface area contributed by atoms with Crippen LogP contribution in [-0.4, -0.2) is 0 Å². The molecule has 0 N–H and O–H groups in total. The lowest BCUT2D eigenvalue weighted by molar-refractivity contribution is 0.605. The number of nitrogens with zero attached hydrogens (tertiary/aromatic N) is 1. The van der Waals surface area contributed by atoms with Crippen molar-refractivity contribution in [2.45, 2.75) is 12.8 Å². The predicted molar refractivity (Wildman–Crippen MR) is 53.1 cm³/mol. The number of rotatable bonds is 1. The molecule has 0 bridgehead atoms. The molecule has 0 aliphatic carbocycles. The number of halogens is 3. The lowest BCUT2D eigenvalue weighted by Crippen LogP contribution is -1.96. The van der Waals surface area contributed by atoms with E-state index in [2.05, 4.69) is 15.9 Å². The van der Waals surface area contributed by atoms with Crippen LogP contribution >= 0.6 is 27.5 Å². The van der Waals surface area contributed by atoms with Gasteiger partial charge in [0.25, 0.3) is 0 Å². The Labute approximate surface area is 89.3 Å². The SMILES string of the molecule is CC(C#N)c1c(Br)ccc(Cl)c1F. The van der Waals surface area contributed by atoms with E-state index in [1.165, 1.54) is 6.07 Å². The molecule has 0 radical (unpaired) electrons. The first-order valence-corrected chi connectivity index (χ1v) is 4.78. The molecule has 1 aromatic rings. The molecule has 0 heterocycles. The molecule has 1 rings (SSSR count). The third kappa shape index (κ3) is 2.01. The maximum absolute atomic E-state index is 13.4. The van der Waals surface area contributed by atoms with Crippen molar-refractivity contribution in [2.24, 2.45) is 0 Å². The summed E-state index contributed by atoms with van der Waals surface area (Å²) in [6.45, 7) is 1.62. The number of hydrogen-bond acceptors (Lipinski definition) is 1. The lowest BCUT2D eigenvalue weighted by Gasteiger charge is -2.08. The van der Waals surface area contributed by atoms with Crippen molar-refractivity contribution < 1.29 is 4.39 Å². The van der Waals surface area contributed by atoms with Crippen molar-refractivity contribution >= 4 is 27.5 Å². The highest BCUT2D eigenvalue weighted by molar-refractivity contribution is 9.10. The van der Waals surface area contributed by atoms with Crippen LogP contribution in [0.4, 0.5) is 4.39 Å². The van der Waals surface area contributed by atoms with Gasteiger partial charge in [0.2, 0.25) is 0 Å². The molecule has 0 fully saturated rings. The predicted octanol–water partition coefficient (Wildman–Crippen LogP) is 3.87. The standard InChI is InChI=1S/C9H6BrClFN/c1-5(4-13)8-6(10)2-3-7(11)9(8)12/h2-3,5H,1H3. The number of nitriles is 1. The average molecular weight is 263 g/mol. The second-order valence-electron chi connectivity index (χ2n) is 2.61. The Hall–Kier alpha value is -0.590.